The van der Waals surface area contributed by atoms with Crippen LogP contribution in [0.25, 0.3) is 11.3 Å². The fourth-order valence-electron chi connectivity index (χ4n) is 4.62. The summed E-state index contributed by atoms with van der Waals surface area (Å²) in [6, 6.07) is 12.5. The van der Waals surface area contributed by atoms with Crippen molar-refractivity contribution in [1.82, 2.24) is 15.3 Å². The minimum absolute atomic E-state index is 0.316. The van der Waals surface area contributed by atoms with Crippen LogP contribution in [0.3, 0.4) is 0 Å². The summed E-state index contributed by atoms with van der Waals surface area (Å²) in [4.78, 5) is 23.8. The molecule has 0 saturated carbocycles. The van der Waals surface area contributed by atoms with Crippen molar-refractivity contribution >= 4 is 34.7 Å². The second kappa shape index (κ2) is 8.83. The lowest BCUT2D eigenvalue weighted by Crippen LogP contribution is -2.54. The zero-order chi connectivity index (χ0) is 23.8. The van der Waals surface area contributed by atoms with Gasteiger partial charge in [0.15, 0.2) is 0 Å². The number of methoxy groups -OCH3 is 1. The molecule has 4 N–H and O–H groups in total. The maximum Gasteiger partial charge on any atom is 0.323 e. The lowest BCUT2D eigenvalue weighted by molar-refractivity contribution is 0.262. The van der Waals surface area contributed by atoms with E-state index in [-0.39, 0.29) is 6.03 Å². The predicted octanol–water partition coefficient (Wildman–Crippen LogP) is 4.35. The summed E-state index contributed by atoms with van der Waals surface area (Å²) >= 11 is 0. The highest BCUT2D eigenvalue weighted by Gasteiger charge is 2.23. The number of hydrogen-bond acceptors (Lipinski definition) is 7. The van der Waals surface area contributed by atoms with Gasteiger partial charge in [0.1, 0.15) is 11.4 Å². The van der Waals surface area contributed by atoms with Gasteiger partial charge in [-0.25, -0.2) is 14.8 Å². The van der Waals surface area contributed by atoms with Crippen LogP contribution in [0.5, 0.6) is 5.75 Å². The number of piperazine rings is 1. The number of rotatable bonds is 4. The van der Waals surface area contributed by atoms with Crippen molar-refractivity contribution in [2.24, 2.45) is 0 Å². The Bertz CT molecular complexity index is 1240. The monoisotopic (exact) mass is 459 g/mol. The quantitative estimate of drug-likeness (QED) is 0.460. The summed E-state index contributed by atoms with van der Waals surface area (Å²) in [5.74, 6) is 1.12. The summed E-state index contributed by atoms with van der Waals surface area (Å²) < 4.78 is 5.69. The van der Waals surface area contributed by atoms with Crippen LogP contribution in [0.2, 0.25) is 0 Å². The molecule has 2 aromatic carbocycles. The average molecular weight is 460 g/mol. The maximum atomic E-state index is 12.3. The van der Waals surface area contributed by atoms with E-state index in [1.54, 1.807) is 13.3 Å². The van der Waals surface area contributed by atoms with Gasteiger partial charge in [-0.15, -0.1) is 0 Å². The van der Waals surface area contributed by atoms with Gasteiger partial charge in [0, 0.05) is 42.5 Å². The highest BCUT2D eigenvalue weighted by molar-refractivity contribution is 6.07. The number of ether oxygens (including phenoxy) is 1. The van der Waals surface area contributed by atoms with Crippen LogP contribution in [0, 0.1) is 6.92 Å². The number of aryl methyl sites for hydroxylation is 1. The number of hydrogen-bond donors (Lipinski definition) is 4. The molecular formula is C25H29N7O2. The van der Waals surface area contributed by atoms with Gasteiger partial charge in [-0.2, -0.15) is 0 Å². The summed E-state index contributed by atoms with van der Waals surface area (Å²) in [6.45, 7) is 8.25. The van der Waals surface area contributed by atoms with Gasteiger partial charge in [0.2, 0.25) is 5.95 Å². The van der Waals surface area contributed by atoms with E-state index >= 15 is 0 Å². The molecule has 0 spiro atoms. The first-order valence-corrected chi connectivity index (χ1v) is 11.4. The Labute approximate surface area is 198 Å². The second-order valence-electron chi connectivity index (χ2n) is 8.97. The molecule has 2 aliphatic heterocycles. The highest BCUT2D eigenvalue weighted by atomic mass is 16.5. The van der Waals surface area contributed by atoms with Gasteiger partial charge in [0.05, 0.1) is 30.4 Å². The molecular weight excluding hydrogens is 430 g/mol. The van der Waals surface area contributed by atoms with E-state index < -0.39 is 0 Å². The predicted molar refractivity (Wildman–Crippen MR) is 135 cm³/mol. The van der Waals surface area contributed by atoms with Crippen LogP contribution < -0.4 is 30.9 Å². The molecule has 1 fully saturated rings. The molecule has 9 nitrogen and oxygen atoms in total. The lowest BCUT2D eigenvalue weighted by atomic mass is 10.1. The second-order valence-corrected chi connectivity index (χ2v) is 8.97. The molecule has 2 atom stereocenters. The number of benzene rings is 2. The SMILES string of the molecule is COc1cc(N2C[C@@H](C)N[C@@H](C)C2)ccc1Nc1ncc2c(n1)-c1ccc(C)cc1NC(=O)N2. The van der Waals surface area contributed by atoms with E-state index in [0.29, 0.717) is 40.9 Å². The Balaban J connectivity index is 1.45. The third kappa shape index (κ3) is 4.34. The van der Waals surface area contributed by atoms with Crippen LogP contribution >= 0.6 is 0 Å². The number of nitrogens with zero attached hydrogens (tertiary/aromatic N) is 3. The smallest absolute Gasteiger partial charge is 0.323 e. The summed E-state index contributed by atoms with van der Waals surface area (Å²) in [6.07, 6.45) is 1.61. The molecule has 0 radical (unpaired) electrons. The zero-order valence-corrected chi connectivity index (χ0v) is 19.8. The Morgan fingerprint density at radius 3 is 2.59 bits per heavy atom. The van der Waals surface area contributed by atoms with Gasteiger partial charge < -0.3 is 30.9 Å². The number of carbonyl (C=O) groups excluding carboxylic acids is 1. The molecule has 2 amide bonds. The zero-order valence-electron chi connectivity index (χ0n) is 19.8. The molecule has 34 heavy (non-hydrogen) atoms. The van der Waals surface area contributed by atoms with Gasteiger partial charge in [-0.1, -0.05) is 12.1 Å². The Morgan fingerprint density at radius 1 is 1.06 bits per heavy atom. The molecule has 1 aromatic heterocycles. The Hall–Kier alpha value is -3.85. The van der Waals surface area contributed by atoms with Gasteiger partial charge >= 0.3 is 6.03 Å². The normalized spacial score (nSPS) is 19.3. The van der Waals surface area contributed by atoms with E-state index in [0.717, 1.165) is 35.6 Å². The molecule has 9 heteroatoms. The van der Waals surface area contributed by atoms with E-state index in [4.69, 9.17) is 9.72 Å². The number of amides is 2. The molecule has 3 aromatic rings. The Morgan fingerprint density at radius 2 is 1.82 bits per heavy atom. The molecule has 2 aliphatic rings. The number of fused-ring (bicyclic) bond motifs is 3. The Kier molecular flexibility index (Phi) is 5.70. The molecule has 176 valence electrons. The summed E-state index contributed by atoms with van der Waals surface area (Å²) in [7, 11) is 1.66. The molecule has 3 heterocycles. The molecule has 5 rings (SSSR count). The van der Waals surface area contributed by atoms with Crippen LogP contribution in [-0.4, -0.2) is 48.3 Å². The number of nitrogens with one attached hydrogen (secondary N) is 4. The van der Waals surface area contributed by atoms with Crippen LogP contribution in [0.15, 0.2) is 42.6 Å². The fraction of sp³-hybridized carbons (Fsp3) is 0.320. The van der Waals surface area contributed by atoms with E-state index in [9.17, 15) is 4.79 Å². The van der Waals surface area contributed by atoms with Crippen molar-refractivity contribution in [2.45, 2.75) is 32.9 Å². The van der Waals surface area contributed by atoms with E-state index in [1.165, 1.54) is 0 Å². The standard InChI is InChI=1S/C25H29N7O2/c1-14-5-7-18-20(9-14)29-25(33)30-21-11-26-24(31-23(18)21)28-19-8-6-17(10-22(19)34-4)32-12-15(2)27-16(3)13-32/h5-11,15-16,27H,12-13H2,1-4H3,(H,26,28,31)(H2,29,30,33)/t15-,16+. The largest absolute Gasteiger partial charge is 0.494 e. The van der Waals surface area contributed by atoms with Crippen molar-refractivity contribution in [3.63, 3.8) is 0 Å². The van der Waals surface area contributed by atoms with E-state index in [1.807, 2.05) is 37.3 Å². The first-order chi connectivity index (χ1) is 16.4. The average Bonchev–Trinajstić information content (AvgIpc) is 2.93. The van der Waals surface area contributed by atoms with E-state index in [2.05, 4.69) is 51.1 Å². The lowest BCUT2D eigenvalue weighted by Gasteiger charge is -2.37. The van der Waals surface area contributed by atoms with Crippen molar-refractivity contribution < 1.29 is 9.53 Å². The van der Waals surface area contributed by atoms with Gasteiger partial charge in [0.25, 0.3) is 0 Å². The van der Waals surface area contributed by atoms with Crippen LogP contribution in [0.4, 0.5) is 33.5 Å². The number of aromatic nitrogens is 2. The minimum Gasteiger partial charge on any atom is -0.494 e. The molecule has 0 bridgehead atoms. The third-order valence-corrected chi connectivity index (χ3v) is 6.07. The molecule has 1 saturated heterocycles. The fourth-order valence-corrected chi connectivity index (χ4v) is 4.62. The van der Waals surface area contributed by atoms with Crippen molar-refractivity contribution in [3.8, 4) is 17.0 Å². The molecule has 0 aliphatic carbocycles. The van der Waals surface area contributed by atoms with Crippen molar-refractivity contribution in [1.29, 1.82) is 0 Å². The number of anilines is 5. The highest BCUT2D eigenvalue weighted by Crippen LogP contribution is 2.37. The number of carbonyl (C=O) groups is 1. The first-order valence-electron chi connectivity index (χ1n) is 11.4. The third-order valence-electron chi connectivity index (χ3n) is 6.07. The van der Waals surface area contributed by atoms with Gasteiger partial charge in [-0.3, -0.25) is 0 Å². The maximum absolute atomic E-state index is 12.3. The summed E-state index contributed by atoms with van der Waals surface area (Å²) in [5.41, 5.74) is 5.66. The molecule has 0 unspecified atom stereocenters. The van der Waals surface area contributed by atoms with Crippen molar-refractivity contribution in [3.05, 3.63) is 48.2 Å². The van der Waals surface area contributed by atoms with Crippen LogP contribution in [-0.2, 0) is 0 Å². The minimum atomic E-state index is -0.316. The summed E-state index contributed by atoms with van der Waals surface area (Å²) in [5, 5.41) is 12.5. The topological polar surface area (TPSA) is 103 Å². The van der Waals surface area contributed by atoms with Crippen molar-refractivity contribution in [2.75, 3.05) is 41.0 Å². The number of urea groups is 1. The van der Waals surface area contributed by atoms with Gasteiger partial charge in [-0.05, 0) is 44.5 Å². The van der Waals surface area contributed by atoms with Crippen LogP contribution in [0.1, 0.15) is 19.4 Å². The first kappa shape index (κ1) is 22.0.